The molecule has 1 aromatic rings. The number of hydrogen-bond donors (Lipinski definition) is 1. The number of nitriles is 1. The van der Waals surface area contributed by atoms with E-state index in [1.165, 1.54) is 12.1 Å². The summed E-state index contributed by atoms with van der Waals surface area (Å²) in [5, 5.41) is 17.3. The van der Waals surface area contributed by atoms with Gasteiger partial charge in [0.1, 0.15) is 0 Å². The van der Waals surface area contributed by atoms with Crippen LogP contribution in [-0.4, -0.2) is 11.3 Å². The number of alkyl halides is 3. The Bertz CT molecular complexity index is 367. The van der Waals surface area contributed by atoms with Crippen molar-refractivity contribution in [2.75, 3.05) is 0 Å². The Hall–Kier alpha value is -1.54. The molecule has 1 rings (SSSR count). The van der Waals surface area contributed by atoms with Gasteiger partial charge in [0, 0.05) is 0 Å². The third-order valence-electron chi connectivity index (χ3n) is 1.64. The number of aliphatic hydroxyl groups is 1. The van der Waals surface area contributed by atoms with Crippen molar-refractivity contribution in [3.63, 3.8) is 0 Å². The molecule has 0 aliphatic carbocycles. The first kappa shape index (κ1) is 10.5. The average molecular weight is 201 g/mol. The van der Waals surface area contributed by atoms with Crippen LogP contribution in [0.5, 0.6) is 0 Å². The zero-order valence-corrected chi connectivity index (χ0v) is 6.92. The molecule has 2 nitrogen and oxygen atoms in total. The van der Waals surface area contributed by atoms with Crippen molar-refractivity contribution in [3.05, 3.63) is 35.4 Å². The smallest absolute Gasteiger partial charge is 0.379 e. The molecule has 74 valence electrons. The Labute approximate surface area is 78.2 Å². The molecule has 0 aliphatic heterocycles. The Morgan fingerprint density at radius 2 is 2.00 bits per heavy atom. The lowest BCUT2D eigenvalue weighted by molar-refractivity contribution is -0.206. The average Bonchev–Trinajstić information content (AvgIpc) is 2.15. The number of aliphatic hydroxyl groups excluding tert-OH is 1. The molecule has 1 atom stereocenters. The predicted octanol–water partition coefficient (Wildman–Crippen LogP) is 2.15. The first-order valence-electron chi connectivity index (χ1n) is 3.70. The molecule has 0 aliphatic rings. The molecular formula is C9H6F3NO. The van der Waals surface area contributed by atoms with Crippen molar-refractivity contribution in [3.8, 4) is 6.07 Å². The molecule has 5 heteroatoms. The third kappa shape index (κ3) is 2.24. The molecule has 0 amide bonds. The van der Waals surface area contributed by atoms with Crippen LogP contribution in [0.15, 0.2) is 24.3 Å². The first-order valence-corrected chi connectivity index (χ1v) is 3.70. The maximum absolute atomic E-state index is 12.0. The first-order chi connectivity index (χ1) is 6.45. The number of nitrogens with zero attached hydrogens (tertiary/aromatic N) is 1. The fourth-order valence-electron chi connectivity index (χ4n) is 0.967. The Kier molecular flexibility index (Phi) is 2.77. The highest BCUT2D eigenvalue weighted by molar-refractivity contribution is 5.34. The highest BCUT2D eigenvalue weighted by Crippen LogP contribution is 2.32. The lowest BCUT2D eigenvalue weighted by atomic mass is 10.1. The van der Waals surface area contributed by atoms with E-state index in [9.17, 15) is 13.2 Å². The Morgan fingerprint density at radius 1 is 1.36 bits per heavy atom. The van der Waals surface area contributed by atoms with Crippen LogP contribution in [-0.2, 0) is 0 Å². The van der Waals surface area contributed by atoms with E-state index < -0.39 is 12.3 Å². The molecule has 1 N–H and O–H groups in total. The van der Waals surface area contributed by atoms with Gasteiger partial charge in [0.05, 0.1) is 11.6 Å². The molecule has 0 bridgehead atoms. The van der Waals surface area contributed by atoms with E-state index >= 15 is 0 Å². The van der Waals surface area contributed by atoms with Crippen LogP contribution < -0.4 is 0 Å². The van der Waals surface area contributed by atoms with E-state index in [0.29, 0.717) is 0 Å². The van der Waals surface area contributed by atoms with Crippen LogP contribution in [0.4, 0.5) is 13.2 Å². The van der Waals surface area contributed by atoms with Gasteiger partial charge in [-0.2, -0.15) is 18.4 Å². The SMILES string of the molecule is N#Cc1cccc(C(O)C(F)(F)F)c1. The van der Waals surface area contributed by atoms with Crippen molar-refractivity contribution < 1.29 is 18.3 Å². The highest BCUT2D eigenvalue weighted by atomic mass is 19.4. The molecule has 1 aromatic carbocycles. The van der Waals surface area contributed by atoms with Gasteiger partial charge in [-0.05, 0) is 17.7 Å². The van der Waals surface area contributed by atoms with E-state index in [0.717, 1.165) is 12.1 Å². The van der Waals surface area contributed by atoms with Crippen LogP contribution in [0.3, 0.4) is 0 Å². The molecule has 0 saturated carbocycles. The molecule has 0 heterocycles. The summed E-state index contributed by atoms with van der Waals surface area (Å²) in [6.07, 6.45) is -7.23. The van der Waals surface area contributed by atoms with Crippen molar-refractivity contribution in [2.45, 2.75) is 12.3 Å². The van der Waals surface area contributed by atoms with Crippen molar-refractivity contribution in [1.29, 1.82) is 5.26 Å². The molecule has 1 unspecified atom stereocenters. The largest absolute Gasteiger partial charge is 0.418 e. The van der Waals surface area contributed by atoms with Crippen LogP contribution >= 0.6 is 0 Å². The van der Waals surface area contributed by atoms with E-state index in [4.69, 9.17) is 10.4 Å². The van der Waals surface area contributed by atoms with Gasteiger partial charge in [-0.25, -0.2) is 0 Å². The fourth-order valence-corrected chi connectivity index (χ4v) is 0.967. The monoisotopic (exact) mass is 201 g/mol. The summed E-state index contributed by atoms with van der Waals surface area (Å²) in [5.41, 5.74) is -0.234. The normalized spacial score (nSPS) is 13.4. The second-order valence-electron chi connectivity index (χ2n) is 2.68. The van der Waals surface area contributed by atoms with Crippen molar-refractivity contribution in [2.24, 2.45) is 0 Å². The van der Waals surface area contributed by atoms with Gasteiger partial charge in [0.15, 0.2) is 6.10 Å². The number of benzene rings is 1. The quantitative estimate of drug-likeness (QED) is 0.756. The molecular weight excluding hydrogens is 195 g/mol. The van der Waals surface area contributed by atoms with Gasteiger partial charge in [0.2, 0.25) is 0 Å². The molecule has 0 radical (unpaired) electrons. The summed E-state index contributed by atoms with van der Waals surface area (Å²) in [5.74, 6) is 0. The van der Waals surface area contributed by atoms with Crippen LogP contribution in [0.25, 0.3) is 0 Å². The maximum Gasteiger partial charge on any atom is 0.418 e. The second-order valence-corrected chi connectivity index (χ2v) is 2.68. The minimum atomic E-state index is -4.70. The lowest BCUT2D eigenvalue weighted by Gasteiger charge is -2.14. The van der Waals surface area contributed by atoms with Crippen LogP contribution in [0.1, 0.15) is 17.2 Å². The number of hydrogen-bond acceptors (Lipinski definition) is 2. The second kappa shape index (κ2) is 3.68. The van der Waals surface area contributed by atoms with E-state index in [-0.39, 0.29) is 11.1 Å². The van der Waals surface area contributed by atoms with E-state index in [2.05, 4.69) is 0 Å². The Balaban J connectivity index is 3.03. The lowest BCUT2D eigenvalue weighted by Crippen LogP contribution is -2.20. The maximum atomic E-state index is 12.0. The van der Waals surface area contributed by atoms with Gasteiger partial charge in [-0.15, -0.1) is 0 Å². The molecule has 0 saturated heterocycles. The van der Waals surface area contributed by atoms with E-state index in [1.807, 2.05) is 0 Å². The summed E-state index contributed by atoms with van der Waals surface area (Å²) in [6.45, 7) is 0. The summed E-state index contributed by atoms with van der Waals surface area (Å²) >= 11 is 0. The Morgan fingerprint density at radius 3 is 2.50 bits per heavy atom. The van der Waals surface area contributed by atoms with Crippen molar-refractivity contribution >= 4 is 0 Å². The summed E-state index contributed by atoms with van der Waals surface area (Å²) in [4.78, 5) is 0. The van der Waals surface area contributed by atoms with Crippen LogP contribution in [0.2, 0.25) is 0 Å². The van der Waals surface area contributed by atoms with Crippen LogP contribution in [0, 0.1) is 11.3 Å². The third-order valence-corrected chi connectivity index (χ3v) is 1.64. The topological polar surface area (TPSA) is 44.0 Å². The highest BCUT2D eigenvalue weighted by Gasteiger charge is 2.39. The zero-order valence-electron chi connectivity index (χ0n) is 6.92. The van der Waals surface area contributed by atoms with E-state index in [1.54, 1.807) is 6.07 Å². The zero-order chi connectivity index (χ0) is 10.8. The standard InChI is InChI=1S/C9H6F3NO/c10-9(11,12)8(14)7-3-1-2-6(4-7)5-13/h1-4,8,14H. The summed E-state index contributed by atoms with van der Waals surface area (Å²) < 4.78 is 36.1. The predicted molar refractivity (Wildman–Crippen MR) is 42.2 cm³/mol. The summed E-state index contributed by atoms with van der Waals surface area (Å²) in [7, 11) is 0. The summed E-state index contributed by atoms with van der Waals surface area (Å²) in [6, 6.07) is 6.49. The van der Waals surface area contributed by atoms with Gasteiger partial charge in [-0.3, -0.25) is 0 Å². The van der Waals surface area contributed by atoms with Gasteiger partial charge in [-0.1, -0.05) is 12.1 Å². The minimum absolute atomic E-state index is 0.0887. The molecule has 0 aromatic heterocycles. The minimum Gasteiger partial charge on any atom is -0.379 e. The molecule has 14 heavy (non-hydrogen) atoms. The van der Waals surface area contributed by atoms with Gasteiger partial charge in [0.25, 0.3) is 0 Å². The molecule has 0 fully saturated rings. The molecule has 0 spiro atoms. The van der Waals surface area contributed by atoms with Gasteiger partial charge >= 0.3 is 6.18 Å². The van der Waals surface area contributed by atoms with Gasteiger partial charge < -0.3 is 5.11 Å². The van der Waals surface area contributed by atoms with Crippen molar-refractivity contribution in [1.82, 2.24) is 0 Å². The fraction of sp³-hybridized carbons (Fsp3) is 0.222. The number of rotatable bonds is 1. The number of halogens is 3.